The van der Waals surface area contributed by atoms with Crippen LogP contribution in [0.4, 0.5) is 13.2 Å². The molecule has 1 fully saturated rings. The molecule has 7 heteroatoms. The van der Waals surface area contributed by atoms with Crippen LogP contribution in [0.2, 0.25) is 0 Å². The minimum atomic E-state index is -4.30. The Hall–Kier alpha value is -1.27. The highest BCUT2D eigenvalue weighted by atomic mass is 35.5. The van der Waals surface area contributed by atoms with Crippen molar-refractivity contribution in [3.05, 3.63) is 35.4 Å². The number of amides is 1. The lowest BCUT2D eigenvalue weighted by Crippen LogP contribution is -2.46. The van der Waals surface area contributed by atoms with Gasteiger partial charge in [-0.05, 0) is 42.9 Å². The first-order valence-corrected chi connectivity index (χ1v) is 8.04. The number of carbonyl (C=O) groups excluding carboxylic acids is 1. The van der Waals surface area contributed by atoms with Gasteiger partial charge in [-0.1, -0.05) is 25.5 Å². The molecular weight excluding hydrogens is 341 g/mol. The van der Waals surface area contributed by atoms with Gasteiger partial charge in [-0.2, -0.15) is 13.2 Å². The Morgan fingerprint density at radius 3 is 2.25 bits per heavy atom. The van der Waals surface area contributed by atoms with Crippen molar-refractivity contribution >= 4 is 18.3 Å². The maximum absolute atomic E-state index is 12.6. The molecule has 1 amide bonds. The maximum Gasteiger partial charge on any atom is 0.416 e. The van der Waals surface area contributed by atoms with Gasteiger partial charge in [-0.25, -0.2) is 0 Å². The first-order chi connectivity index (χ1) is 10.8. The number of likely N-dealkylation sites (tertiary alicyclic amines) is 1. The third kappa shape index (κ3) is 5.11. The second-order valence-electron chi connectivity index (χ2n) is 6.11. The number of carbonyl (C=O) groups is 1. The van der Waals surface area contributed by atoms with Crippen LogP contribution >= 0.6 is 12.4 Å². The molecule has 1 atom stereocenters. The molecule has 24 heavy (non-hydrogen) atoms. The summed E-state index contributed by atoms with van der Waals surface area (Å²) in [5, 5.41) is 0. The number of nitrogens with two attached hydrogens (primary N) is 1. The van der Waals surface area contributed by atoms with Crippen molar-refractivity contribution in [3.8, 4) is 0 Å². The van der Waals surface area contributed by atoms with Gasteiger partial charge in [0.15, 0.2) is 0 Å². The number of nitrogens with zero attached hydrogens (tertiary/aromatic N) is 1. The number of alkyl halides is 3. The van der Waals surface area contributed by atoms with Gasteiger partial charge in [0, 0.05) is 13.1 Å². The van der Waals surface area contributed by atoms with Gasteiger partial charge in [0.1, 0.15) is 0 Å². The summed E-state index contributed by atoms with van der Waals surface area (Å²) in [5.41, 5.74) is 6.14. The highest BCUT2D eigenvalue weighted by Crippen LogP contribution is 2.33. The Morgan fingerprint density at radius 1 is 1.25 bits per heavy atom. The van der Waals surface area contributed by atoms with Crippen LogP contribution in [0, 0.1) is 0 Å². The van der Waals surface area contributed by atoms with Crippen LogP contribution in [0.3, 0.4) is 0 Å². The lowest BCUT2D eigenvalue weighted by atomic mass is 9.88. The van der Waals surface area contributed by atoms with E-state index in [0.29, 0.717) is 19.5 Å². The molecular formula is C17H24ClF3N2O. The topological polar surface area (TPSA) is 46.3 Å². The number of hydrogen-bond donors (Lipinski definition) is 1. The van der Waals surface area contributed by atoms with Crippen LogP contribution in [-0.4, -0.2) is 29.9 Å². The second kappa shape index (κ2) is 8.72. The number of benzene rings is 1. The monoisotopic (exact) mass is 364 g/mol. The first-order valence-electron chi connectivity index (χ1n) is 8.04. The van der Waals surface area contributed by atoms with Gasteiger partial charge in [-0.15, -0.1) is 12.4 Å². The zero-order valence-corrected chi connectivity index (χ0v) is 14.5. The molecule has 1 aromatic rings. The van der Waals surface area contributed by atoms with Gasteiger partial charge in [0.25, 0.3) is 0 Å². The second-order valence-corrected chi connectivity index (χ2v) is 6.11. The third-order valence-corrected chi connectivity index (χ3v) is 4.43. The predicted octanol–water partition coefficient (Wildman–Crippen LogP) is 3.96. The standard InChI is InChI=1S/C17H23F3N2O.ClH/c1-2-3-15(21)16(23)22-10-8-13(9-11-22)12-4-6-14(7-5-12)17(18,19)20;/h4-7,13,15H,2-3,8-11,21H2,1H3;1H. The van der Waals surface area contributed by atoms with Crippen molar-refractivity contribution in [2.75, 3.05) is 13.1 Å². The van der Waals surface area contributed by atoms with Crippen molar-refractivity contribution in [3.63, 3.8) is 0 Å². The first kappa shape index (κ1) is 20.8. The minimum Gasteiger partial charge on any atom is -0.341 e. The molecule has 0 spiro atoms. The molecule has 1 aliphatic heterocycles. The molecule has 0 bridgehead atoms. The van der Waals surface area contributed by atoms with Gasteiger partial charge in [-0.3, -0.25) is 4.79 Å². The van der Waals surface area contributed by atoms with Gasteiger partial charge in [0.2, 0.25) is 5.91 Å². The molecule has 0 saturated carbocycles. The Morgan fingerprint density at radius 2 is 1.79 bits per heavy atom. The molecule has 1 unspecified atom stereocenters. The van der Waals surface area contributed by atoms with Gasteiger partial charge < -0.3 is 10.6 Å². The largest absolute Gasteiger partial charge is 0.416 e. The SMILES string of the molecule is CCCC(N)C(=O)N1CCC(c2ccc(C(F)(F)F)cc2)CC1.Cl. The highest BCUT2D eigenvalue weighted by Gasteiger charge is 2.31. The Bertz CT molecular complexity index is 526. The summed E-state index contributed by atoms with van der Waals surface area (Å²) in [6, 6.07) is 4.91. The zero-order chi connectivity index (χ0) is 17.0. The number of halogens is 4. The molecule has 2 rings (SSSR count). The van der Waals surface area contributed by atoms with Crippen LogP contribution in [0.5, 0.6) is 0 Å². The number of piperidine rings is 1. The third-order valence-electron chi connectivity index (χ3n) is 4.43. The molecule has 1 saturated heterocycles. The van der Waals surface area contributed by atoms with Crippen molar-refractivity contribution < 1.29 is 18.0 Å². The van der Waals surface area contributed by atoms with Crippen LogP contribution in [0.25, 0.3) is 0 Å². The van der Waals surface area contributed by atoms with Crippen LogP contribution in [0.15, 0.2) is 24.3 Å². The predicted molar refractivity (Wildman–Crippen MR) is 90.1 cm³/mol. The molecule has 0 radical (unpaired) electrons. The van der Waals surface area contributed by atoms with E-state index in [1.165, 1.54) is 0 Å². The zero-order valence-electron chi connectivity index (χ0n) is 13.7. The molecule has 1 heterocycles. The molecule has 1 aromatic carbocycles. The molecule has 2 N–H and O–H groups in total. The highest BCUT2D eigenvalue weighted by molar-refractivity contribution is 5.85. The smallest absolute Gasteiger partial charge is 0.341 e. The lowest BCUT2D eigenvalue weighted by molar-refractivity contribution is -0.137. The maximum atomic E-state index is 12.6. The van der Waals surface area contributed by atoms with Crippen molar-refractivity contribution in [2.24, 2.45) is 5.73 Å². The van der Waals surface area contributed by atoms with E-state index in [0.717, 1.165) is 37.0 Å². The van der Waals surface area contributed by atoms with Crippen LogP contribution in [-0.2, 0) is 11.0 Å². The van der Waals surface area contributed by atoms with E-state index in [1.54, 1.807) is 17.0 Å². The summed E-state index contributed by atoms with van der Waals surface area (Å²) in [7, 11) is 0. The Labute approximate surface area is 146 Å². The van der Waals surface area contributed by atoms with E-state index in [2.05, 4.69) is 0 Å². The van der Waals surface area contributed by atoms with E-state index in [-0.39, 0.29) is 24.2 Å². The van der Waals surface area contributed by atoms with Crippen molar-refractivity contribution in [1.82, 2.24) is 4.90 Å². The van der Waals surface area contributed by atoms with Crippen molar-refractivity contribution in [2.45, 2.75) is 50.7 Å². The summed E-state index contributed by atoms with van der Waals surface area (Å²) in [6.45, 7) is 3.22. The normalized spacial score (nSPS) is 17.3. The quantitative estimate of drug-likeness (QED) is 0.879. The van der Waals surface area contributed by atoms with Gasteiger partial charge >= 0.3 is 6.18 Å². The average molecular weight is 365 g/mol. The molecule has 136 valence electrons. The van der Waals surface area contributed by atoms with Crippen LogP contribution < -0.4 is 5.73 Å². The van der Waals surface area contributed by atoms with E-state index in [4.69, 9.17) is 5.73 Å². The summed E-state index contributed by atoms with van der Waals surface area (Å²) >= 11 is 0. The Kier molecular flexibility index (Phi) is 7.55. The summed E-state index contributed by atoms with van der Waals surface area (Å²) in [4.78, 5) is 13.9. The fraction of sp³-hybridized carbons (Fsp3) is 0.588. The molecule has 3 nitrogen and oxygen atoms in total. The van der Waals surface area contributed by atoms with E-state index >= 15 is 0 Å². The summed E-state index contributed by atoms with van der Waals surface area (Å²) in [5.74, 6) is 0.182. The van der Waals surface area contributed by atoms with E-state index < -0.39 is 17.8 Å². The summed E-state index contributed by atoms with van der Waals surface area (Å²) < 4.78 is 37.8. The average Bonchev–Trinajstić information content (AvgIpc) is 2.54. The van der Waals surface area contributed by atoms with E-state index in [9.17, 15) is 18.0 Å². The number of rotatable bonds is 4. The number of hydrogen-bond acceptors (Lipinski definition) is 2. The summed E-state index contributed by atoms with van der Waals surface area (Å²) in [6.07, 6.45) is -1.23. The van der Waals surface area contributed by atoms with Crippen molar-refractivity contribution in [1.29, 1.82) is 0 Å². The van der Waals surface area contributed by atoms with Gasteiger partial charge in [0.05, 0.1) is 11.6 Å². The van der Waals surface area contributed by atoms with Crippen LogP contribution in [0.1, 0.15) is 49.7 Å². The minimum absolute atomic E-state index is 0. The lowest BCUT2D eigenvalue weighted by Gasteiger charge is -2.33. The Balaban J connectivity index is 0.00000288. The fourth-order valence-electron chi connectivity index (χ4n) is 3.05. The molecule has 1 aliphatic rings. The molecule has 0 aromatic heterocycles. The molecule has 0 aliphatic carbocycles. The fourth-order valence-corrected chi connectivity index (χ4v) is 3.05. The van der Waals surface area contributed by atoms with E-state index in [1.807, 2.05) is 6.92 Å².